The lowest BCUT2D eigenvalue weighted by atomic mass is 9.88. The summed E-state index contributed by atoms with van der Waals surface area (Å²) in [6.07, 6.45) is 8.25. The van der Waals surface area contributed by atoms with E-state index in [4.69, 9.17) is 5.73 Å². The maximum Gasteiger partial charge on any atom is 0.234 e. The normalized spacial score (nSPS) is 19.3. The van der Waals surface area contributed by atoms with E-state index in [0.29, 0.717) is 13.1 Å². The van der Waals surface area contributed by atoms with Crippen LogP contribution < -0.4 is 11.1 Å². The van der Waals surface area contributed by atoms with E-state index in [1.807, 2.05) is 0 Å². The molecular formula is C17H35N3O. The molecule has 0 heterocycles. The predicted molar refractivity (Wildman–Crippen MR) is 89.2 cm³/mol. The van der Waals surface area contributed by atoms with Crippen LogP contribution in [0, 0.1) is 0 Å². The molecule has 0 unspecified atom stereocenters. The van der Waals surface area contributed by atoms with Gasteiger partial charge in [-0.25, -0.2) is 0 Å². The summed E-state index contributed by atoms with van der Waals surface area (Å²) >= 11 is 0. The molecule has 3 N–H and O–H groups in total. The molecular weight excluding hydrogens is 262 g/mol. The smallest absolute Gasteiger partial charge is 0.234 e. The quantitative estimate of drug-likeness (QED) is 0.710. The number of nitrogens with zero attached hydrogens (tertiary/aromatic N) is 1. The maximum atomic E-state index is 12.4. The number of likely N-dealkylation sites (N-methyl/N-ethyl adjacent to an activating group) is 1. The standard InChI is InChI=1S/C17H35N3O/c1-5-16(3,4)19-15(21)13-20(6-2)17(14-18)11-9-7-8-10-12-17/h5-14,18H2,1-4H3,(H,19,21). The lowest BCUT2D eigenvalue weighted by Gasteiger charge is -2.43. The molecule has 0 radical (unpaired) electrons. The molecule has 1 saturated carbocycles. The second-order valence-electron chi connectivity index (χ2n) is 7.14. The molecule has 124 valence electrons. The van der Waals surface area contributed by atoms with Crippen molar-refractivity contribution in [3.8, 4) is 0 Å². The van der Waals surface area contributed by atoms with Crippen LogP contribution in [0.25, 0.3) is 0 Å². The summed E-state index contributed by atoms with van der Waals surface area (Å²) in [6, 6.07) is 0. The molecule has 21 heavy (non-hydrogen) atoms. The van der Waals surface area contributed by atoms with Crippen LogP contribution >= 0.6 is 0 Å². The first kappa shape index (κ1) is 18.4. The summed E-state index contributed by atoms with van der Waals surface area (Å²) in [5.74, 6) is 0.126. The summed E-state index contributed by atoms with van der Waals surface area (Å²) < 4.78 is 0. The van der Waals surface area contributed by atoms with Crippen molar-refractivity contribution in [3.05, 3.63) is 0 Å². The highest BCUT2D eigenvalue weighted by molar-refractivity contribution is 5.78. The van der Waals surface area contributed by atoms with Gasteiger partial charge in [-0.2, -0.15) is 0 Å². The Balaban J connectivity index is 2.73. The van der Waals surface area contributed by atoms with Gasteiger partial charge < -0.3 is 11.1 Å². The summed E-state index contributed by atoms with van der Waals surface area (Å²) in [6.45, 7) is 10.4. The fraction of sp³-hybridized carbons (Fsp3) is 0.941. The molecule has 4 nitrogen and oxygen atoms in total. The second kappa shape index (κ2) is 8.14. The van der Waals surface area contributed by atoms with Crippen molar-refractivity contribution in [2.24, 2.45) is 5.73 Å². The first-order chi connectivity index (χ1) is 9.89. The average Bonchev–Trinajstić information content (AvgIpc) is 2.70. The number of carbonyl (C=O) groups is 1. The van der Waals surface area contributed by atoms with Crippen LogP contribution in [0.15, 0.2) is 0 Å². The topological polar surface area (TPSA) is 58.4 Å². The van der Waals surface area contributed by atoms with Gasteiger partial charge >= 0.3 is 0 Å². The molecule has 0 aromatic carbocycles. The summed E-state index contributed by atoms with van der Waals surface area (Å²) in [7, 11) is 0. The highest BCUT2D eigenvalue weighted by Gasteiger charge is 2.36. The predicted octanol–water partition coefficient (Wildman–Crippen LogP) is 2.66. The summed E-state index contributed by atoms with van der Waals surface area (Å²) in [4.78, 5) is 14.7. The first-order valence-corrected chi connectivity index (χ1v) is 8.65. The largest absolute Gasteiger partial charge is 0.350 e. The number of rotatable bonds is 7. The first-order valence-electron chi connectivity index (χ1n) is 8.65. The molecule has 1 aliphatic rings. The van der Waals surface area contributed by atoms with Gasteiger partial charge in [-0.05, 0) is 39.7 Å². The minimum atomic E-state index is -0.129. The van der Waals surface area contributed by atoms with Crippen LogP contribution in [0.2, 0.25) is 0 Å². The van der Waals surface area contributed by atoms with Gasteiger partial charge in [0.25, 0.3) is 0 Å². The fourth-order valence-electron chi connectivity index (χ4n) is 3.33. The number of carbonyl (C=O) groups excluding carboxylic acids is 1. The van der Waals surface area contributed by atoms with Crippen LogP contribution in [0.4, 0.5) is 0 Å². The number of hydrogen-bond acceptors (Lipinski definition) is 3. The van der Waals surface area contributed by atoms with E-state index in [9.17, 15) is 4.79 Å². The number of amides is 1. The van der Waals surface area contributed by atoms with E-state index in [-0.39, 0.29) is 17.0 Å². The highest BCUT2D eigenvalue weighted by Crippen LogP contribution is 2.31. The SMILES string of the molecule is CCN(CC(=O)NC(C)(C)CC)C1(CN)CCCCCC1. The molecule has 0 atom stereocenters. The summed E-state index contributed by atoms with van der Waals surface area (Å²) in [5.41, 5.74) is 6.04. The molecule has 4 heteroatoms. The molecule has 0 aromatic heterocycles. The molecule has 1 amide bonds. The van der Waals surface area contributed by atoms with Gasteiger partial charge in [-0.15, -0.1) is 0 Å². The number of nitrogens with one attached hydrogen (secondary N) is 1. The van der Waals surface area contributed by atoms with Gasteiger partial charge in [0.15, 0.2) is 0 Å². The molecule has 0 aliphatic heterocycles. The minimum absolute atomic E-state index is 0.0267. The fourth-order valence-corrected chi connectivity index (χ4v) is 3.33. The van der Waals surface area contributed by atoms with Crippen LogP contribution in [-0.2, 0) is 4.79 Å². The lowest BCUT2D eigenvalue weighted by Crippen LogP contribution is -2.57. The Hall–Kier alpha value is -0.610. The average molecular weight is 297 g/mol. The van der Waals surface area contributed by atoms with Gasteiger partial charge in [-0.3, -0.25) is 9.69 Å². The Kier molecular flexibility index (Phi) is 7.14. The lowest BCUT2D eigenvalue weighted by molar-refractivity contribution is -0.125. The van der Waals surface area contributed by atoms with E-state index in [1.54, 1.807) is 0 Å². The maximum absolute atomic E-state index is 12.4. The Labute approximate surface area is 130 Å². The Bertz CT molecular complexity index is 320. The van der Waals surface area contributed by atoms with Crippen molar-refractivity contribution in [1.82, 2.24) is 10.2 Å². The van der Waals surface area contributed by atoms with Gasteiger partial charge in [0, 0.05) is 17.6 Å². The van der Waals surface area contributed by atoms with E-state index < -0.39 is 0 Å². The van der Waals surface area contributed by atoms with Crippen molar-refractivity contribution < 1.29 is 4.79 Å². The third-order valence-corrected chi connectivity index (χ3v) is 5.16. The zero-order valence-electron chi connectivity index (χ0n) is 14.5. The monoisotopic (exact) mass is 297 g/mol. The Morgan fingerprint density at radius 2 is 1.76 bits per heavy atom. The highest BCUT2D eigenvalue weighted by atomic mass is 16.2. The summed E-state index contributed by atoms with van der Waals surface area (Å²) in [5, 5.41) is 3.15. The molecule has 0 spiro atoms. The van der Waals surface area contributed by atoms with Crippen molar-refractivity contribution in [2.45, 2.75) is 83.7 Å². The van der Waals surface area contributed by atoms with Gasteiger partial charge in [0.2, 0.25) is 5.91 Å². The van der Waals surface area contributed by atoms with Crippen LogP contribution in [0.3, 0.4) is 0 Å². The third kappa shape index (κ3) is 5.26. The van der Waals surface area contributed by atoms with Gasteiger partial charge in [0.1, 0.15) is 0 Å². The van der Waals surface area contributed by atoms with Gasteiger partial charge in [-0.1, -0.05) is 39.5 Å². The zero-order valence-corrected chi connectivity index (χ0v) is 14.5. The Morgan fingerprint density at radius 3 is 2.19 bits per heavy atom. The number of hydrogen-bond donors (Lipinski definition) is 2. The minimum Gasteiger partial charge on any atom is -0.350 e. The molecule has 1 fully saturated rings. The molecule has 1 rings (SSSR count). The molecule has 0 saturated heterocycles. The van der Waals surface area contributed by atoms with E-state index in [1.165, 1.54) is 25.7 Å². The molecule has 1 aliphatic carbocycles. The molecule has 0 bridgehead atoms. The van der Waals surface area contributed by atoms with E-state index in [0.717, 1.165) is 25.8 Å². The second-order valence-corrected chi connectivity index (χ2v) is 7.14. The van der Waals surface area contributed by atoms with Crippen molar-refractivity contribution >= 4 is 5.91 Å². The molecule has 0 aromatic rings. The van der Waals surface area contributed by atoms with Crippen molar-refractivity contribution in [1.29, 1.82) is 0 Å². The van der Waals surface area contributed by atoms with Crippen molar-refractivity contribution in [2.75, 3.05) is 19.6 Å². The van der Waals surface area contributed by atoms with Crippen LogP contribution in [0.1, 0.15) is 72.6 Å². The number of nitrogens with two attached hydrogens (primary N) is 1. The van der Waals surface area contributed by atoms with Crippen molar-refractivity contribution in [3.63, 3.8) is 0 Å². The van der Waals surface area contributed by atoms with E-state index in [2.05, 4.69) is 37.9 Å². The van der Waals surface area contributed by atoms with Gasteiger partial charge in [0.05, 0.1) is 6.54 Å². The van der Waals surface area contributed by atoms with E-state index >= 15 is 0 Å². The Morgan fingerprint density at radius 1 is 1.19 bits per heavy atom. The third-order valence-electron chi connectivity index (χ3n) is 5.16. The zero-order chi connectivity index (χ0) is 15.9. The van der Waals surface area contributed by atoms with Crippen LogP contribution in [-0.4, -0.2) is 41.5 Å². The van der Waals surface area contributed by atoms with Crippen LogP contribution in [0.5, 0.6) is 0 Å².